The molecular weight excluding hydrogens is 248 g/mol. The molecule has 1 saturated carbocycles. The van der Waals surface area contributed by atoms with E-state index in [1.54, 1.807) is 12.4 Å². The number of imidazole rings is 1. The first-order valence-corrected chi connectivity index (χ1v) is 6.39. The van der Waals surface area contributed by atoms with E-state index in [4.69, 9.17) is 5.11 Å². The highest BCUT2D eigenvalue weighted by atomic mass is 16.4. The van der Waals surface area contributed by atoms with E-state index in [9.17, 15) is 9.59 Å². The van der Waals surface area contributed by atoms with E-state index in [-0.39, 0.29) is 17.9 Å². The molecule has 104 valence electrons. The zero-order valence-corrected chi connectivity index (χ0v) is 10.6. The van der Waals surface area contributed by atoms with Crippen LogP contribution in [0.5, 0.6) is 0 Å². The van der Waals surface area contributed by atoms with E-state index in [2.05, 4.69) is 20.6 Å². The smallest absolute Gasteiger partial charge is 0.315 e. The van der Waals surface area contributed by atoms with Crippen molar-refractivity contribution in [2.24, 2.45) is 11.8 Å². The van der Waals surface area contributed by atoms with Crippen molar-refractivity contribution in [3.8, 4) is 0 Å². The van der Waals surface area contributed by atoms with Crippen LogP contribution in [0.15, 0.2) is 12.4 Å². The topological polar surface area (TPSA) is 107 Å². The number of carboxylic acid groups (broad SMARTS) is 1. The maximum atomic E-state index is 11.6. The Morgan fingerprint density at radius 1 is 1.42 bits per heavy atom. The number of amides is 2. The van der Waals surface area contributed by atoms with Gasteiger partial charge in [-0.15, -0.1) is 0 Å². The number of aromatic amines is 1. The summed E-state index contributed by atoms with van der Waals surface area (Å²) in [6.07, 6.45) is 5.78. The van der Waals surface area contributed by atoms with Gasteiger partial charge in [0.15, 0.2) is 0 Å². The predicted molar refractivity (Wildman–Crippen MR) is 67.3 cm³/mol. The van der Waals surface area contributed by atoms with Crippen LogP contribution in [-0.4, -0.2) is 33.6 Å². The number of carbonyl (C=O) groups excluding carboxylic acids is 1. The number of nitrogens with one attached hydrogen (secondary N) is 3. The Labute approximate surface area is 110 Å². The Kier molecular flexibility index (Phi) is 4.38. The third-order valence-corrected chi connectivity index (χ3v) is 3.47. The summed E-state index contributed by atoms with van der Waals surface area (Å²) in [5.41, 5.74) is 0. The Balaban J connectivity index is 1.70. The molecule has 2 amide bonds. The first-order chi connectivity index (χ1) is 9.16. The Morgan fingerprint density at radius 3 is 2.95 bits per heavy atom. The van der Waals surface area contributed by atoms with Crippen LogP contribution in [-0.2, 0) is 11.3 Å². The van der Waals surface area contributed by atoms with E-state index < -0.39 is 5.97 Å². The standard InChI is InChI=1S/C12H18N4O3/c17-11(18)9-3-1-2-8(9)6-15-12(19)16-7-10-13-4-5-14-10/h4-5,8-9H,1-3,6-7H2,(H,13,14)(H,17,18)(H2,15,16,19). The molecule has 4 N–H and O–H groups in total. The molecule has 0 aliphatic heterocycles. The second-order valence-corrected chi connectivity index (χ2v) is 4.74. The molecule has 1 heterocycles. The van der Waals surface area contributed by atoms with Gasteiger partial charge in [-0.3, -0.25) is 4.79 Å². The summed E-state index contributed by atoms with van der Waals surface area (Å²) in [5, 5.41) is 14.4. The molecule has 0 spiro atoms. The zero-order chi connectivity index (χ0) is 13.7. The van der Waals surface area contributed by atoms with Gasteiger partial charge in [0.25, 0.3) is 0 Å². The van der Waals surface area contributed by atoms with Crippen LogP contribution in [0.25, 0.3) is 0 Å². The number of nitrogens with zero attached hydrogens (tertiary/aromatic N) is 1. The highest BCUT2D eigenvalue weighted by Crippen LogP contribution is 2.31. The number of rotatable bonds is 5. The molecule has 1 aliphatic carbocycles. The van der Waals surface area contributed by atoms with Crippen molar-refractivity contribution < 1.29 is 14.7 Å². The zero-order valence-electron chi connectivity index (χ0n) is 10.6. The van der Waals surface area contributed by atoms with Gasteiger partial charge < -0.3 is 20.7 Å². The SMILES string of the molecule is O=C(NCc1ncc[nH]1)NCC1CCCC1C(=O)O. The lowest BCUT2D eigenvalue weighted by atomic mass is 9.96. The minimum absolute atomic E-state index is 0.0341. The van der Waals surface area contributed by atoms with E-state index in [0.29, 0.717) is 25.3 Å². The predicted octanol–water partition coefficient (Wildman–Crippen LogP) is 0.710. The van der Waals surface area contributed by atoms with Crippen molar-refractivity contribution in [2.45, 2.75) is 25.8 Å². The number of carbonyl (C=O) groups is 2. The monoisotopic (exact) mass is 266 g/mol. The molecule has 7 nitrogen and oxygen atoms in total. The molecule has 2 rings (SSSR count). The van der Waals surface area contributed by atoms with E-state index in [1.807, 2.05) is 0 Å². The van der Waals surface area contributed by atoms with E-state index in [0.717, 1.165) is 12.8 Å². The Bertz CT molecular complexity index is 432. The lowest BCUT2D eigenvalue weighted by Crippen LogP contribution is -2.39. The number of H-pyrrole nitrogens is 1. The van der Waals surface area contributed by atoms with Crippen LogP contribution in [0.2, 0.25) is 0 Å². The van der Waals surface area contributed by atoms with Gasteiger partial charge in [-0.2, -0.15) is 0 Å². The molecule has 1 fully saturated rings. The van der Waals surface area contributed by atoms with Crippen LogP contribution < -0.4 is 10.6 Å². The fraction of sp³-hybridized carbons (Fsp3) is 0.583. The van der Waals surface area contributed by atoms with Crippen molar-refractivity contribution in [1.29, 1.82) is 0 Å². The second-order valence-electron chi connectivity index (χ2n) is 4.74. The van der Waals surface area contributed by atoms with Gasteiger partial charge in [0.1, 0.15) is 5.82 Å². The molecule has 7 heteroatoms. The molecule has 0 bridgehead atoms. The summed E-state index contributed by atoms with van der Waals surface area (Å²) >= 11 is 0. The van der Waals surface area contributed by atoms with Crippen molar-refractivity contribution in [3.05, 3.63) is 18.2 Å². The molecule has 1 aromatic heterocycles. The van der Waals surface area contributed by atoms with E-state index in [1.165, 1.54) is 0 Å². The van der Waals surface area contributed by atoms with Crippen molar-refractivity contribution in [1.82, 2.24) is 20.6 Å². The summed E-state index contributed by atoms with van der Waals surface area (Å²) < 4.78 is 0. The maximum absolute atomic E-state index is 11.6. The average Bonchev–Trinajstić information content (AvgIpc) is 3.04. The summed E-state index contributed by atoms with van der Waals surface area (Å²) in [5.74, 6) is -0.378. The quantitative estimate of drug-likeness (QED) is 0.629. The summed E-state index contributed by atoms with van der Waals surface area (Å²) in [6, 6.07) is -0.299. The first-order valence-electron chi connectivity index (χ1n) is 6.39. The minimum atomic E-state index is -0.764. The van der Waals surface area contributed by atoms with Gasteiger partial charge in [-0.1, -0.05) is 6.42 Å². The largest absolute Gasteiger partial charge is 0.481 e. The van der Waals surface area contributed by atoms with Crippen LogP contribution in [0.3, 0.4) is 0 Å². The first kappa shape index (κ1) is 13.4. The summed E-state index contributed by atoms with van der Waals surface area (Å²) in [4.78, 5) is 29.4. The molecule has 19 heavy (non-hydrogen) atoms. The third-order valence-electron chi connectivity index (χ3n) is 3.47. The van der Waals surface area contributed by atoms with Gasteiger partial charge in [0.05, 0.1) is 12.5 Å². The maximum Gasteiger partial charge on any atom is 0.315 e. The fourth-order valence-corrected chi connectivity index (χ4v) is 2.45. The lowest BCUT2D eigenvalue weighted by Gasteiger charge is -2.16. The molecule has 0 saturated heterocycles. The van der Waals surface area contributed by atoms with Gasteiger partial charge in [-0.25, -0.2) is 9.78 Å². The number of hydrogen-bond acceptors (Lipinski definition) is 3. The molecule has 0 aromatic carbocycles. The van der Waals surface area contributed by atoms with Gasteiger partial charge in [-0.05, 0) is 18.8 Å². The molecular formula is C12H18N4O3. The molecule has 2 atom stereocenters. The van der Waals surface area contributed by atoms with Crippen LogP contribution in [0.1, 0.15) is 25.1 Å². The number of aromatic nitrogens is 2. The lowest BCUT2D eigenvalue weighted by molar-refractivity contribution is -0.142. The van der Waals surface area contributed by atoms with Gasteiger partial charge >= 0.3 is 12.0 Å². The normalized spacial score (nSPS) is 22.1. The highest BCUT2D eigenvalue weighted by Gasteiger charge is 2.32. The Morgan fingerprint density at radius 2 is 2.26 bits per heavy atom. The number of carboxylic acids is 1. The van der Waals surface area contributed by atoms with Crippen molar-refractivity contribution in [3.63, 3.8) is 0 Å². The summed E-state index contributed by atoms with van der Waals surface area (Å²) in [7, 11) is 0. The Hall–Kier alpha value is -2.05. The molecule has 1 aromatic rings. The van der Waals surface area contributed by atoms with Gasteiger partial charge in [0, 0.05) is 18.9 Å². The van der Waals surface area contributed by atoms with E-state index >= 15 is 0 Å². The van der Waals surface area contributed by atoms with Crippen LogP contribution in [0.4, 0.5) is 4.79 Å². The molecule has 1 aliphatic rings. The average molecular weight is 266 g/mol. The third kappa shape index (κ3) is 3.70. The van der Waals surface area contributed by atoms with Gasteiger partial charge in [0.2, 0.25) is 0 Å². The number of urea groups is 1. The van der Waals surface area contributed by atoms with Crippen molar-refractivity contribution in [2.75, 3.05) is 6.54 Å². The van der Waals surface area contributed by atoms with Crippen molar-refractivity contribution >= 4 is 12.0 Å². The fourth-order valence-electron chi connectivity index (χ4n) is 2.45. The van der Waals surface area contributed by atoms with Crippen LogP contribution >= 0.6 is 0 Å². The summed E-state index contributed by atoms with van der Waals surface area (Å²) in [6.45, 7) is 0.729. The highest BCUT2D eigenvalue weighted by molar-refractivity contribution is 5.74. The molecule has 2 unspecified atom stereocenters. The number of aliphatic carboxylic acids is 1. The second kappa shape index (κ2) is 6.21. The minimum Gasteiger partial charge on any atom is -0.481 e. The number of hydrogen-bond donors (Lipinski definition) is 4. The van der Waals surface area contributed by atoms with Crippen LogP contribution in [0, 0.1) is 11.8 Å². The molecule has 0 radical (unpaired) electrons.